The van der Waals surface area contributed by atoms with Gasteiger partial charge in [0.05, 0.1) is 24.5 Å². The van der Waals surface area contributed by atoms with Gasteiger partial charge in [-0.05, 0) is 101 Å². The van der Waals surface area contributed by atoms with Crippen molar-refractivity contribution in [2.45, 2.75) is 95.1 Å². The van der Waals surface area contributed by atoms with Crippen LogP contribution in [0.2, 0.25) is 0 Å². The summed E-state index contributed by atoms with van der Waals surface area (Å²) in [6, 6.07) is 2.89. The Kier molecular flexibility index (Phi) is 6.22. The van der Waals surface area contributed by atoms with E-state index in [2.05, 4.69) is 16.9 Å². The first-order valence-electron chi connectivity index (χ1n) is 13.5. The highest BCUT2D eigenvalue weighted by atomic mass is 16.5. The summed E-state index contributed by atoms with van der Waals surface area (Å²) in [5, 5.41) is 4.87. The Morgan fingerprint density at radius 3 is 2.58 bits per heavy atom. The lowest BCUT2D eigenvalue weighted by molar-refractivity contribution is 0.0538. The molecule has 3 atom stereocenters. The monoisotopic (exact) mass is 449 g/mol. The summed E-state index contributed by atoms with van der Waals surface area (Å²) >= 11 is 0. The van der Waals surface area contributed by atoms with Gasteiger partial charge in [-0.25, -0.2) is 9.97 Å². The summed E-state index contributed by atoms with van der Waals surface area (Å²) < 4.78 is 8.06. The zero-order chi connectivity index (χ0) is 22.2. The highest BCUT2D eigenvalue weighted by Gasteiger charge is 2.37. The van der Waals surface area contributed by atoms with Crippen LogP contribution in [0.5, 0.6) is 0 Å². The largest absolute Gasteiger partial charge is 0.379 e. The summed E-state index contributed by atoms with van der Waals surface area (Å²) in [5.74, 6) is 3.98. The molecule has 0 amide bonds. The lowest BCUT2D eigenvalue weighted by Gasteiger charge is -2.39. The van der Waals surface area contributed by atoms with E-state index in [1.54, 1.807) is 0 Å². The molecule has 6 rings (SSSR count). The molecule has 0 bridgehead atoms. The topological polar surface area (TPSA) is 78.8 Å². The van der Waals surface area contributed by atoms with Crippen LogP contribution in [-0.2, 0) is 11.2 Å². The number of nitrogens with two attached hydrogens (primary N) is 1. The van der Waals surface area contributed by atoms with Crippen LogP contribution < -0.4 is 5.73 Å². The molecule has 2 aromatic rings. The van der Waals surface area contributed by atoms with Crippen molar-refractivity contribution in [1.82, 2.24) is 19.7 Å². The van der Waals surface area contributed by atoms with E-state index in [-0.39, 0.29) is 0 Å². The second kappa shape index (κ2) is 9.46. The molecule has 1 aliphatic heterocycles. The van der Waals surface area contributed by atoms with Gasteiger partial charge < -0.3 is 10.5 Å². The summed E-state index contributed by atoms with van der Waals surface area (Å²) in [6.45, 7) is 1.66. The molecule has 6 nitrogen and oxygen atoms in total. The molecule has 1 saturated heterocycles. The Balaban J connectivity index is 1.21. The van der Waals surface area contributed by atoms with Gasteiger partial charge in [-0.1, -0.05) is 0 Å². The fourth-order valence-corrected chi connectivity index (χ4v) is 6.38. The van der Waals surface area contributed by atoms with Crippen LogP contribution in [0.25, 0.3) is 11.3 Å². The first-order chi connectivity index (χ1) is 16.2. The van der Waals surface area contributed by atoms with Crippen molar-refractivity contribution in [3.05, 3.63) is 30.0 Å². The van der Waals surface area contributed by atoms with Gasteiger partial charge in [0.25, 0.3) is 0 Å². The van der Waals surface area contributed by atoms with Crippen LogP contribution in [0.15, 0.2) is 18.5 Å². The van der Waals surface area contributed by atoms with E-state index >= 15 is 0 Å². The van der Waals surface area contributed by atoms with Crippen LogP contribution in [0, 0.1) is 17.8 Å². The number of ether oxygens (including phenoxy) is 1. The van der Waals surface area contributed by atoms with Crippen LogP contribution in [0.3, 0.4) is 0 Å². The molecule has 3 aliphatic carbocycles. The molecule has 2 unspecified atom stereocenters. The van der Waals surface area contributed by atoms with E-state index in [9.17, 15) is 0 Å². The predicted molar refractivity (Wildman–Crippen MR) is 129 cm³/mol. The summed E-state index contributed by atoms with van der Waals surface area (Å²) in [5.41, 5.74) is 9.77. The second-order valence-corrected chi connectivity index (χ2v) is 11.2. The Bertz CT molecular complexity index is 940. The van der Waals surface area contributed by atoms with Gasteiger partial charge in [0.1, 0.15) is 5.82 Å². The number of rotatable bonds is 7. The van der Waals surface area contributed by atoms with Gasteiger partial charge in [0.2, 0.25) is 0 Å². The highest BCUT2D eigenvalue weighted by molar-refractivity contribution is 5.61. The third-order valence-electron chi connectivity index (χ3n) is 8.79. The molecule has 4 fully saturated rings. The first-order valence-corrected chi connectivity index (χ1v) is 13.5. The Morgan fingerprint density at radius 2 is 1.85 bits per heavy atom. The van der Waals surface area contributed by atoms with Gasteiger partial charge in [0, 0.05) is 36.0 Å². The molecule has 178 valence electrons. The van der Waals surface area contributed by atoms with E-state index in [0.29, 0.717) is 18.0 Å². The molecular formula is C27H39N5O. The molecule has 33 heavy (non-hydrogen) atoms. The molecule has 0 spiro atoms. The maximum atomic E-state index is 6.13. The minimum absolute atomic E-state index is 0.363. The van der Waals surface area contributed by atoms with Crippen LogP contribution in [-0.4, -0.2) is 39.0 Å². The number of hydrogen-bond donors (Lipinski definition) is 1. The van der Waals surface area contributed by atoms with Crippen molar-refractivity contribution in [3.8, 4) is 11.3 Å². The zero-order valence-corrected chi connectivity index (χ0v) is 19.9. The Morgan fingerprint density at radius 1 is 1.00 bits per heavy atom. The predicted octanol–water partition coefficient (Wildman–Crippen LogP) is 5.05. The summed E-state index contributed by atoms with van der Waals surface area (Å²) in [4.78, 5) is 9.92. The fourth-order valence-electron chi connectivity index (χ4n) is 6.38. The first kappa shape index (κ1) is 21.7. The van der Waals surface area contributed by atoms with Gasteiger partial charge >= 0.3 is 0 Å². The minimum atomic E-state index is 0.363. The van der Waals surface area contributed by atoms with E-state index in [0.717, 1.165) is 61.7 Å². The van der Waals surface area contributed by atoms with Crippen LogP contribution in [0.4, 0.5) is 0 Å². The molecule has 2 aromatic heterocycles. The average molecular weight is 450 g/mol. The average Bonchev–Trinajstić information content (AvgIpc) is 3.55. The Hall–Kier alpha value is -1.79. The highest BCUT2D eigenvalue weighted by Crippen LogP contribution is 2.47. The van der Waals surface area contributed by atoms with E-state index in [4.69, 9.17) is 25.5 Å². The van der Waals surface area contributed by atoms with Crippen LogP contribution >= 0.6 is 0 Å². The van der Waals surface area contributed by atoms with E-state index in [1.807, 2.05) is 6.20 Å². The maximum Gasteiger partial charge on any atom is 0.132 e. The lowest BCUT2D eigenvalue weighted by Crippen LogP contribution is -2.31. The second-order valence-electron chi connectivity index (χ2n) is 11.2. The normalized spacial score (nSPS) is 32.5. The SMILES string of the molecule is N[C@H]1CC[C@H](CC2CCC2c2nccc(-c3cnn([C@H]4CCCOC4)c3CC3CC3)n2)CC1. The molecule has 2 N–H and O–H groups in total. The Labute approximate surface area is 197 Å². The molecule has 6 heteroatoms. The van der Waals surface area contributed by atoms with Crippen molar-refractivity contribution in [2.75, 3.05) is 13.2 Å². The number of nitrogens with zero attached hydrogens (tertiary/aromatic N) is 4. The van der Waals surface area contributed by atoms with Gasteiger partial charge in [-0.2, -0.15) is 5.10 Å². The quantitative estimate of drug-likeness (QED) is 0.640. The smallest absolute Gasteiger partial charge is 0.132 e. The van der Waals surface area contributed by atoms with E-state index < -0.39 is 0 Å². The van der Waals surface area contributed by atoms with Gasteiger partial charge in [-0.3, -0.25) is 4.68 Å². The molecular weight excluding hydrogens is 410 g/mol. The number of hydrogen-bond acceptors (Lipinski definition) is 5. The molecule has 3 heterocycles. The van der Waals surface area contributed by atoms with Gasteiger partial charge in [0.15, 0.2) is 0 Å². The van der Waals surface area contributed by atoms with Crippen molar-refractivity contribution in [1.29, 1.82) is 0 Å². The third kappa shape index (κ3) is 4.74. The number of aromatic nitrogens is 4. The maximum absolute atomic E-state index is 6.13. The van der Waals surface area contributed by atoms with E-state index in [1.165, 1.54) is 69.0 Å². The van der Waals surface area contributed by atoms with Crippen LogP contribution in [0.1, 0.15) is 94.1 Å². The molecule has 4 aliphatic rings. The van der Waals surface area contributed by atoms with Crippen molar-refractivity contribution in [3.63, 3.8) is 0 Å². The lowest BCUT2D eigenvalue weighted by atomic mass is 9.67. The van der Waals surface area contributed by atoms with Crippen molar-refractivity contribution in [2.24, 2.45) is 23.5 Å². The standard InChI is InChI=1S/C27H39N5O/c28-21-8-5-18(6-9-21)14-20-7-10-23(20)27-29-12-11-25(31-27)24-16-30-32(22-2-1-13-33-17-22)26(24)15-19-3-4-19/h11-12,16,18-23H,1-10,13-15,17,28H2/t18-,20?,21-,22-,23?/m0/s1. The van der Waals surface area contributed by atoms with Crippen molar-refractivity contribution < 1.29 is 4.74 Å². The molecule has 0 aromatic carbocycles. The summed E-state index contributed by atoms with van der Waals surface area (Å²) in [7, 11) is 0. The molecule has 0 radical (unpaired) electrons. The summed E-state index contributed by atoms with van der Waals surface area (Å²) in [6.07, 6.45) is 19.0. The third-order valence-corrected chi connectivity index (χ3v) is 8.79. The van der Waals surface area contributed by atoms with Gasteiger partial charge in [-0.15, -0.1) is 0 Å². The van der Waals surface area contributed by atoms with Crippen molar-refractivity contribution >= 4 is 0 Å². The zero-order valence-electron chi connectivity index (χ0n) is 19.9. The minimum Gasteiger partial charge on any atom is -0.379 e. The molecule has 3 saturated carbocycles. The fraction of sp³-hybridized carbons (Fsp3) is 0.741.